The second kappa shape index (κ2) is 8.96. The molecule has 2 aliphatic rings. The smallest absolute Gasteiger partial charge is 0.264 e. The summed E-state index contributed by atoms with van der Waals surface area (Å²) in [4.78, 5) is 29.1. The molecule has 0 saturated carbocycles. The first kappa shape index (κ1) is 22.9. The van der Waals surface area contributed by atoms with Crippen molar-refractivity contribution in [3.05, 3.63) is 74.9 Å². The maximum atomic E-state index is 12.9. The number of hydrogen-bond acceptors (Lipinski definition) is 4. The van der Waals surface area contributed by atoms with Crippen molar-refractivity contribution < 1.29 is 19.8 Å². The van der Waals surface area contributed by atoms with Gasteiger partial charge in [0.05, 0.1) is 18.3 Å². The van der Waals surface area contributed by atoms with Gasteiger partial charge in [-0.25, -0.2) is 0 Å². The minimum Gasteiger partial charge on any atom is -0.394 e. The minimum absolute atomic E-state index is 0.0844. The zero-order valence-corrected chi connectivity index (χ0v) is 20.3. The number of likely N-dealkylation sites (N-methyl/N-ethyl adjacent to an activating group) is 1. The monoisotopic (exact) mass is 546 g/mol. The molecule has 6 nitrogen and oxygen atoms in total. The highest BCUT2D eigenvalue weighted by atomic mass is 127. The molecule has 2 amide bonds. The van der Waals surface area contributed by atoms with Gasteiger partial charge in [-0.1, -0.05) is 43.3 Å². The fourth-order valence-corrected chi connectivity index (χ4v) is 5.19. The summed E-state index contributed by atoms with van der Waals surface area (Å²) in [6.07, 6.45) is 4.24. The number of carbonyl (C=O) groups excluding carboxylic acids is 2. The van der Waals surface area contributed by atoms with Gasteiger partial charge in [-0.15, -0.1) is 0 Å². The highest BCUT2D eigenvalue weighted by molar-refractivity contribution is 14.1. The molecule has 0 spiro atoms. The van der Waals surface area contributed by atoms with Crippen molar-refractivity contribution in [1.82, 2.24) is 4.90 Å². The first-order valence-electron chi connectivity index (χ1n) is 10.7. The maximum absolute atomic E-state index is 12.9. The van der Waals surface area contributed by atoms with Crippen LogP contribution in [0.5, 0.6) is 0 Å². The van der Waals surface area contributed by atoms with E-state index >= 15 is 0 Å². The summed E-state index contributed by atoms with van der Waals surface area (Å²) in [5.41, 5.74) is 1.89. The van der Waals surface area contributed by atoms with E-state index in [-0.39, 0.29) is 30.9 Å². The van der Waals surface area contributed by atoms with Crippen LogP contribution in [-0.2, 0) is 28.2 Å². The Hall–Kier alpha value is -2.23. The summed E-state index contributed by atoms with van der Waals surface area (Å²) in [5, 5.41) is 21.2. The van der Waals surface area contributed by atoms with Gasteiger partial charge in [0, 0.05) is 35.1 Å². The van der Waals surface area contributed by atoms with Gasteiger partial charge in [0.2, 0.25) is 5.91 Å². The van der Waals surface area contributed by atoms with Gasteiger partial charge in [0.15, 0.2) is 5.60 Å². The number of aliphatic hydroxyl groups excluding tert-OH is 1. The Morgan fingerprint density at radius 3 is 2.72 bits per heavy atom. The summed E-state index contributed by atoms with van der Waals surface area (Å²) >= 11 is 2.17. The quantitative estimate of drug-likeness (QED) is 0.447. The van der Waals surface area contributed by atoms with E-state index in [1.165, 1.54) is 10.5 Å². The number of nitrogens with zero attached hydrogens (tertiary/aromatic N) is 2. The second-order valence-corrected chi connectivity index (χ2v) is 9.79. The Balaban J connectivity index is 1.49. The fourth-order valence-electron chi connectivity index (χ4n) is 4.70. The summed E-state index contributed by atoms with van der Waals surface area (Å²) in [7, 11) is 1.66. The first-order chi connectivity index (χ1) is 15.3. The zero-order valence-electron chi connectivity index (χ0n) is 18.2. The molecule has 2 aliphatic heterocycles. The van der Waals surface area contributed by atoms with E-state index in [4.69, 9.17) is 0 Å². The van der Waals surface area contributed by atoms with Crippen LogP contribution in [0.4, 0.5) is 5.69 Å². The molecular weight excluding hydrogens is 519 g/mol. The SMILES string of the molecule is C[C@H](/C=C/CC(=O)N1Cc2ccccc2C[C@H]1CO)[C@@]1(O)C(=O)N(C)c2ccc(I)cc21. The molecule has 0 bridgehead atoms. The molecule has 2 heterocycles. The van der Waals surface area contributed by atoms with Crippen molar-refractivity contribution in [3.63, 3.8) is 0 Å². The third-order valence-electron chi connectivity index (χ3n) is 6.62. The molecule has 3 atom stereocenters. The number of fused-ring (bicyclic) bond motifs is 2. The van der Waals surface area contributed by atoms with Crippen LogP contribution in [0.15, 0.2) is 54.6 Å². The molecule has 0 aromatic heterocycles. The summed E-state index contributed by atoms with van der Waals surface area (Å²) in [6, 6.07) is 13.3. The van der Waals surface area contributed by atoms with Crippen LogP contribution in [0.1, 0.15) is 30.0 Å². The number of amides is 2. The number of aliphatic hydroxyl groups is 2. The molecule has 0 unspecified atom stereocenters. The van der Waals surface area contributed by atoms with Gasteiger partial charge in [-0.3, -0.25) is 9.59 Å². The molecule has 2 aromatic rings. The average molecular weight is 546 g/mol. The Bertz CT molecular complexity index is 1090. The van der Waals surface area contributed by atoms with E-state index in [0.29, 0.717) is 24.2 Å². The predicted molar refractivity (Wildman–Crippen MR) is 131 cm³/mol. The van der Waals surface area contributed by atoms with E-state index in [0.717, 1.165) is 9.13 Å². The number of carbonyl (C=O) groups is 2. The normalized spacial score (nSPS) is 23.4. The molecule has 0 saturated heterocycles. The standard InChI is InChI=1S/C25H27IN2O4/c1-16(25(32)21-13-19(26)10-11-22(21)27(2)24(25)31)6-5-9-23(30)28-14-18-8-4-3-7-17(18)12-20(28)15-29/h3-8,10-11,13,16,20,29,32H,9,12,14-15H2,1-2H3/b6-5+/t16-,20+,25+/m1/s1. The van der Waals surface area contributed by atoms with Crippen LogP contribution in [-0.4, -0.2) is 46.6 Å². The molecule has 168 valence electrons. The van der Waals surface area contributed by atoms with Crippen LogP contribution >= 0.6 is 22.6 Å². The molecule has 2 aromatic carbocycles. The van der Waals surface area contributed by atoms with Crippen molar-refractivity contribution in [2.45, 2.75) is 38.0 Å². The molecule has 4 rings (SSSR count). The lowest BCUT2D eigenvalue weighted by Gasteiger charge is -2.36. The number of hydrogen-bond donors (Lipinski definition) is 2. The van der Waals surface area contributed by atoms with E-state index in [9.17, 15) is 19.8 Å². The van der Waals surface area contributed by atoms with Gasteiger partial charge in [-0.05, 0) is 58.3 Å². The summed E-state index contributed by atoms with van der Waals surface area (Å²) in [5.74, 6) is -0.967. The number of anilines is 1. The minimum atomic E-state index is -1.66. The van der Waals surface area contributed by atoms with Crippen molar-refractivity contribution in [2.24, 2.45) is 5.92 Å². The van der Waals surface area contributed by atoms with Crippen LogP contribution in [0.25, 0.3) is 0 Å². The Morgan fingerprint density at radius 1 is 1.28 bits per heavy atom. The molecule has 0 aliphatic carbocycles. The predicted octanol–water partition coefficient (Wildman–Crippen LogP) is 2.98. The topological polar surface area (TPSA) is 81.1 Å². The third-order valence-corrected chi connectivity index (χ3v) is 7.29. The summed E-state index contributed by atoms with van der Waals surface area (Å²) < 4.78 is 0.939. The lowest BCUT2D eigenvalue weighted by molar-refractivity contribution is -0.139. The fraction of sp³-hybridized carbons (Fsp3) is 0.360. The number of benzene rings is 2. The van der Waals surface area contributed by atoms with Gasteiger partial charge in [0.25, 0.3) is 5.91 Å². The number of halogens is 1. The average Bonchev–Trinajstić information content (AvgIpc) is 2.99. The Kier molecular flexibility index (Phi) is 6.42. The second-order valence-electron chi connectivity index (χ2n) is 8.54. The van der Waals surface area contributed by atoms with Gasteiger partial charge in [0.1, 0.15) is 0 Å². The first-order valence-corrected chi connectivity index (χ1v) is 11.8. The maximum Gasteiger partial charge on any atom is 0.264 e. The zero-order chi connectivity index (χ0) is 23.0. The lowest BCUT2D eigenvalue weighted by Crippen LogP contribution is -2.46. The largest absolute Gasteiger partial charge is 0.394 e. The van der Waals surface area contributed by atoms with Crippen LogP contribution < -0.4 is 4.90 Å². The van der Waals surface area contributed by atoms with Crippen LogP contribution in [0, 0.1) is 9.49 Å². The molecular formula is C25H27IN2O4. The van der Waals surface area contributed by atoms with Crippen molar-refractivity contribution in [3.8, 4) is 0 Å². The van der Waals surface area contributed by atoms with Crippen molar-refractivity contribution in [2.75, 3.05) is 18.6 Å². The lowest BCUT2D eigenvalue weighted by atomic mass is 9.83. The van der Waals surface area contributed by atoms with E-state index < -0.39 is 11.5 Å². The van der Waals surface area contributed by atoms with Gasteiger partial charge < -0.3 is 20.0 Å². The number of rotatable bonds is 5. The highest BCUT2D eigenvalue weighted by Gasteiger charge is 2.51. The summed E-state index contributed by atoms with van der Waals surface area (Å²) in [6.45, 7) is 2.17. The third kappa shape index (κ3) is 3.86. The Morgan fingerprint density at radius 2 is 2.00 bits per heavy atom. The van der Waals surface area contributed by atoms with E-state index in [1.54, 1.807) is 31.0 Å². The van der Waals surface area contributed by atoms with Crippen LogP contribution in [0.3, 0.4) is 0 Å². The van der Waals surface area contributed by atoms with E-state index in [1.807, 2.05) is 42.5 Å². The van der Waals surface area contributed by atoms with Crippen LogP contribution in [0.2, 0.25) is 0 Å². The molecule has 2 N–H and O–H groups in total. The van der Waals surface area contributed by atoms with Crippen molar-refractivity contribution in [1.29, 1.82) is 0 Å². The van der Waals surface area contributed by atoms with Gasteiger partial charge >= 0.3 is 0 Å². The van der Waals surface area contributed by atoms with E-state index in [2.05, 4.69) is 22.6 Å². The molecule has 32 heavy (non-hydrogen) atoms. The Labute approximate surface area is 201 Å². The van der Waals surface area contributed by atoms with Crippen molar-refractivity contribution >= 4 is 40.1 Å². The van der Waals surface area contributed by atoms with Gasteiger partial charge in [-0.2, -0.15) is 0 Å². The molecule has 0 fully saturated rings. The molecule has 0 radical (unpaired) electrons. The molecule has 7 heteroatoms. The highest BCUT2D eigenvalue weighted by Crippen LogP contribution is 2.45.